The summed E-state index contributed by atoms with van der Waals surface area (Å²) in [5.74, 6) is 1.45. The molecule has 100 valence electrons. The summed E-state index contributed by atoms with van der Waals surface area (Å²) < 4.78 is 11.2. The maximum Gasteiger partial charge on any atom is 0.161 e. The van der Waals surface area contributed by atoms with Gasteiger partial charge in [-0.2, -0.15) is 0 Å². The van der Waals surface area contributed by atoms with Crippen LogP contribution in [0.3, 0.4) is 0 Å². The summed E-state index contributed by atoms with van der Waals surface area (Å²) in [6.45, 7) is 3.24. The summed E-state index contributed by atoms with van der Waals surface area (Å²) in [6, 6.07) is 5.57. The summed E-state index contributed by atoms with van der Waals surface area (Å²) in [6.07, 6.45) is 1.93. The number of hydrogen-bond donors (Lipinski definition) is 1. The molecule has 0 bridgehead atoms. The highest BCUT2D eigenvalue weighted by Gasteiger charge is 2.17. The van der Waals surface area contributed by atoms with Crippen LogP contribution in [0.2, 0.25) is 0 Å². The Morgan fingerprint density at radius 2 is 2.05 bits per heavy atom. The number of hydrogen-bond acceptors (Lipinski definition) is 5. The maximum absolute atomic E-state index is 10.4. The van der Waals surface area contributed by atoms with Gasteiger partial charge in [0.15, 0.2) is 11.5 Å². The third-order valence-electron chi connectivity index (χ3n) is 3.00. The molecule has 0 spiro atoms. The van der Waals surface area contributed by atoms with Gasteiger partial charge in [0.1, 0.15) is 6.10 Å². The molecular weight excluding hydrogens is 262 g/mol. The zero-order valence-corrected chi connectivity index (χ0v) is 11.4. The Kier molecular flexibility index (Phi) is 3.40. The van der Waals surface area contributed by atoms with Crippen molar-refractivity contribution in [1.29, 1.82) is 0 Å². The Hall–Kier alpha value is -1.59. The van der Waals surface area contributed by atoms with E-state index >= 15 is 0 Å². The van der Waals surface area contributed by atoms with Gasteiger partial charge in [-0.15, -0.1) is 11.3 Å². The summed E-state index contributed by atoms with van der Waals surface area (Å²) >= 11 is 1.50. The van der Waals surface area contributed by atoms with Gasteiger partial charge in [-0.3, -0.25) is 0 Å². The van der Waals surface area contributed by atoms with Crippen LogP contribution in [-0.2, 0) is 0 Å². The molecule has 5 heteroatoms. The van der Waals surface area contributed by atoms with E-state index in [0.717, 1.165) is 27.6 Å². The molecule has 2 heterocycles. The quantitative estimate of drug-likeness (QED) is 0.917. The lowest BCUT2D eigenvalue weighted by atomic mass is 10.1. The standard InChI is InChI=1S/C14H15NO3S/c1-9-15-8-13(19-9)14(16)10-3-4-11-12(7-10)18-6-2-5-17-11/h3-4,7-8,14,16H,2,5-6H2,1H3. The third kappa shape index (κ3) is 2.57. The third-order valence-corrected chi connectivity index (χ3v) is 3.96. The van der Waals surface area contributed by atoms with Gasteiger partial charge in [-0.25, -0.2) is 4.98 Å². The summed E-state index contributed by atoms with van der Waals surface area (Å²) in [7, 11) is 0. The van der Waals surface area contributed by atoms with Crippen LogP contribution in [0.5, 0.6) is 11.5 Å². The van der Waals surface area contributed by atoms with Crippen molar-refractivity contribution in [3.8, 4) is 11.5 Å². The Bertz CT molecular complexity index is 582. The maximum atomic E-state index is 10.4. The minimum absolute atomic E-state index is 0.645. The number of aliphatic hydroxyl groups is 1. The second kappa shape index (κ2) is 5.19. The van der Waals surface area contributed by atoms with Crippen molar-refractivity contribution >= 4 is 11.3 Å². The number of aliphatic hydroxyl groups excluding tert-OH is 1. The molecule has 1 aromatic carbocycles. The van der Waals surface area contributed by atoms with Crippen molar-refractivity contribution in [2.45, 2.75) is 19.4 Å². The van der Waals surface area contributed by atoms with E-state index in [2.05, 4.69) is 4.98 Å². The van der Waals surface area contributed by atoms with Crippen molar-refractivity contribution in [2.24, 2.45) is 0 Å². The molecule has 0 amide bonds. The Balaban J connectivity index is 1.91. The van der Waals surface area contributed by atoms with Crippen LogP contribution in [0.15, 0.2) is 24.4 Å². The predicted molar refractivity (Wildman–Crippen MR) is 73.0 cm³/mol. The number of aromatic nitrogens is 1. The SMILES string of the molecule is Cc1ncc(C(O)c2ccc3c(c2)OCCCO3)s1. The highest BCUT2D eigenvalue weighted by atomic mass is 32.1. The topological polar surface area (TPSA) is 51.6 Å². The van der Waals surface area contributed by atoms with Crippen molar-refractivity contribution in [3.63, 3.8) is 0 Å². The van der Waals surface area contributed by atoms with Gasteiger partial charge in [0.25, 0.3) is 0 Å². The van der Waals surface area contributed by atoms with Crippen molar-refractivity contribution in [2.75, 3.05) is 13.2 Å². The summed E-state index contributed by atoms with van der Waals surface area (Å²) in [5.41, 5.74) is 0.799. The molecule has 0 saturated carbocycles. The number of ether oxygens (including phenoxy) is 2. The van der Waals surface area contributed by atoms with Crippen LogP contribution < -0.4 is 9.47 Å². The molecule has 2 aromatic rings. The number of benzene rings is 1. The monoisotopic (exact) mass is 277 g/mol. The normalized spacial score (nSPS) is 15.9. The second-order valence-electron chi connectivity index (χ2n) is 4.44. The van der Waals surface area contributed by atoms with Gasteiger partial charge in [0.2, 0.25) is 0 Å². The minimum atomic E-state index is -0.664. The molecule has 0 radical (unpaired) electrons. The van der Waals surface area contributed by atoms with Gasteiger partial charge in [0.05, 0.1) is 23.1 Å². The Labute approximate surface area is 115 Å². The first-order valence-corrected chi connectivity index (χ1v) is 7.05. The molecule has 3 rings (SSSR count). The average molecular weight is 277 g/mol. The fourth-order valence-electron chi connectivity index (χ4n) is 2.02. The van der Waals surface area contributed by atoms with Crippen molar-refractivity contribution in [1.82, 2.24) is 4.98 Å². The van der Waals surface area contributed by atoms with Gasteiger partial charge in [-0.1, -0.05) is 6.07 Å². The van der Waals surface area contributed by atoms with Crippen molar-refractivity contribution in [3.05, 3.63) is 39.8 Å². The average Bonchev–Trinajstić information content (AvgIpc) is 2.72. The second-order valence-corrected chi connectivity index (χ2v) is 5.71. The largest absolute Gasteiger partial charge is 0.490 e. The molecule has 1 aliphatic rings. The zero-order chi connectivity index (χ0) is 13.2. The highest BCUT2D eigenvalue weighted by Crippen LogP contribution is 2.35. The first-order chi connectivity index (χ1) is 9.24. The molecule has 19 heavy (non-hydrogen) atoms. The van der Waals surface area contributed by atoms with Gasteiger partial charge >= 0.3 is 0 Å². The number of nitrogens with zero attached hydrogens (tertiary/aromatic N) is 1. The van der Waals surface area contributed by atoms with Gasteiger partial charge < -0.3 is 14.6 Å². The van der Waals surface area contributed by atoms with E-state index in [1.54, 1.807) is 6.20 Å². The molecule has 1 atom stereocenters. The van der Waals surface area contributed by atoms with Crippen LogP contribution in [0, 0.1) is 6.92 Å². The van der Waals surface area contributed by atoms with E-state index in [0.29, 0.717) is 19.0 Å². The molecule has 1 aliphatic heterocycles. The Morgan fingerprint density at radius 1 is 1.26 bits per heavy atom. The predicted octanol–water partition coefficient (Wildman–Crippen LogP) is 2.69. The minimum Gasteiger partial charge on any atom is -0.490 e. The summed E-state index contributed by atoms with van der Waals surface area (Å²) in [5, 5.41) is 11.3. The van der Waals surface area contributed by atoms with Crippen molar-refractivity contribution < 1.29 is 14.6 Å². The van der Waals surface area contributed by atoms with Gasteiger partial charge in [0, 0.05) is 12.6 Å². The first kappa shape index (κ1) is 12.4. The number of rotatable bonds is 2. The molecule has 0 aliphatic carbocycles. The molecule has 0 saturated heterocycles. The van der Waals surface area contributed by atoms with E-state index in [1.807, 2.05) is 25.1 Å². The lowest BCUT2D eigenvalue weighted by Crippen LogP contribution is -1.99. The molecule has 4 nitrogen and oxygen atoms in total. The summed E-state index contributed by atoms with van der Waals surface area (Å²) in [4.78, 5) is 5.01. The molecule has 1 aromatic heterocycles. The number of aryl methyl sites for hydroxylation is 1. The van der Waals surface area contributed by atoms with Crippen LogP contribution in [-0.4, -0.2) is 23.3 Å². The molecule has 1 unspecified atom stereocenters. The van der Waals surface area contributed by atoms with Crippen LogP contribution in [0.1, 0.15) is 28.0 Å². The lowest BCUT2D eigenvalue weighted by molar-refractivity contribution is 0.223. The smallest absolute Gasteiger partial charge is 0.161 e. The lowest BCUT2D eigenvalue weighted by Gasteiger charge is -2.12. The first-order valence-electron chi connectivity index (χ1n) is 6.24. The number of thiazole rings is 1. The van der Waals surface area contributed by atoms with E-state index in [1.165, 1.54) is 11.3 Å². The van der Waals surface area contributed by atoms with E-state index < -0.39 is 6.10 Å². The molecule has 0 fully saturated rings. The van der Waals surface area contributed by atoms with Crippen LogP contribution in [0.4, 0.5) is 0 Å². The van der Waals surface area contributed by atoms with Crippen LogP contribution in [0.25, 0.3) is 0 Å². The zero-order valence-electron chi connectivity index (χ0n) is 10.6. The van der Waals surface area contributed by atoms with E-state index in [4.69, 9.17) is 9.47 Å². The highest BCUT2D eigenvalue weighted by molar-refractivity contribution is 7.11. The van der Waals surface area contributed by atoms with E-state index in [9.17, 15) is 5.11 Å². The molecular formula is C14H15NO3S. The van der Waals surface area contributed by atoms with Gasteiger partial charge in [-0.05, 0) is 24.6 Å². The van der Waals surface area contributed by atoms with E-state index in [-0.39, 0.29) is 0 Å². The number of fused-ring (bicyclic) bond motifs is 1. The van der Waals surface area contributed by atoms with Crippen LogP contribution >= 0.6 is 11.3 Å². The molecule has 1 N–H and O–H groups in total. The fourth-order valence-corrected chi connectivity index (χ4v) is 2.82. The Morgan fingerprint density at radius 3 is 2.79 bits per heavy atom. The fraction of sp³-hybridized carbons (Fsp3) is 0.357.